The molecule has 1 aromatic carbocycles. The molecule has 0 bridgehead atoms. The second-order valence-corrected chi connectivity index (χ2v) is 6.31. The van der Waals surface area contributed by atoms with Crippen LogP contribution in [0.1, 0.15) is 36.5 Å². The van der Waals surface area contributed by atoms with Crippen molar-refractivity contribution in [3.05, 3.63) is 26.6 Å². The van der Waals surface area contributed by atoms with Crippen LogP contribution in [0.5, 0.6) is 0 Å². The third-order valence-corrected chi connectivity index (χ3v) is 4.00. The van der Waals surface area contributed by atoms with Crippen molar-refractivity contribution >= 4 is 49.4 Å². The summed E-state index contributed by atoms with van der Waals surface area (Å²) in [4.78, 5) is 23.9. The van der Waals surface area contributed by atoms with E-state index in [4.69, 9.17) is 10.5 Å². The van der Waals surface area contributed by atoms with Crippen molar-refractivity contribution in [3.63, 3.8) is 0 Å². The molecule has 1 aromatic rings. The molecular formula is C14H18Br2N2O3. The van der Waals surface area contributed by atoms with Gasteiger partial charge in [0.05, 0.1) is 24.4 Å². The Kier molecular flexibility index (Phi) is 7.34. The number of carbonyl (C=O) groups excluding carboxylic acids is 2. The van der Waals surface area contributed by atoms with Crippen molar-refractivity contribution in [2.75, 3.05) is 12.4 Å². The molecule has 0 aliphatic carbocycles. The fourth-order valence-corrected chi connectivity index (χ4v) is 3.07. The predicted molar refractivity (Wildman–Crippen MR) is 89.3 cm³/mol. The van der Waals surface area contributed by atoms with Gasteiger partial charge in [-0.15, -0.1) is 0 Å². The van der Waals surface area contributed by atoms with Crippen molar-refractivity contribution in [2.45, 2.75) is 32.2 Å². The second kappa shape index (κ2) is 8.51. The number of unbranched alkanes of at least 4 members (excludes halogenated alkanes) is 1. The van der Waals surface area contributed by atoms with E-state index in [1.54, 1.807) is 12.1 Å². The van der Waals surface area contributed by atoms with E-state index in [0.717, 1.165) is 12.8 Å². The molecule has 0 aliphatic heterocycles. The van der Waals surface area contributed by atoms with Gasteiger partial charge in [0.15, 0.2) is 0 Å². The van der Waals surface area contributed by atoms with Crippen LogP contribution in [0.3, 0.4) is 0 Å². The van der Waals surface area contributed by atoms with E-state index in [1.165, 1.54) is 7.11 Å². The molecule has 0 aliphatic rings. The minimum Gasteiger partial charge on any atom is -0.465 e. The molecule has 3 N–H and O–H groups in total. The lowest BCUT2D eigenvalue weighted by molar-refractivity contribution is -0.117. The molecule has 0 fully saturated rings. The highest BCUT2D eigenvalue weighted by Crippen LogP contribution is 2.31. The largest absolute Gasteiger partial charge is 0.465 e. The summed E-state index contributed by atoms with van der Waals surface area (Å²) in [5.41, 5.74) is 6.46. The first-order chi connectivity index (χ1) is 9.90. The monoisotopic (exact) mass is 420 g/mol. The fraction of sp³-hybridized carbons (Fsp3) is 0.429. The SMILES string of the molecule is CCCC[C@H](N)C(=O)Nc1c(Br)cc(Br)cc1C(=O)OC. The molecule has 0 aromatic heterocycles. The Morgan fingerprint density at radius 3 is 2.62 bits per heavy atom. The number of nitrogens with one attached hydrogen (secondary N) is 1. The van der Waals surface area contributed by atoms with E-state index in [2.05, 4.69) is 37.2 Å². The predicted octanol–water partition coefficient (Wildman–Crippen LogP) is 3.45. The van der Waals surface area contributed by atoms with E-state index < -0.39 is 12.0 Å². The van der Waals surface area contributed by atoms with Gasteiger partial charge in [-0.2, -0.15) is 0 Å². The Balaban J connectivity index is 3.01. The summed E-state index contributed by atoms with van der Waals surface area (Å²) in [6.07, 6.45) is 2.44. The molecule has 0 saturated heterocycles. The number of nitrogens with two attached hydrogens (primary N) is 1. The van der Waals surface area contributed by atoms with Crippen LogP contribution in [0, 0.1) is 0 Å². The van der Waals surface area contributed by atoms with Gasteiger partial charge < -0.3 is 15.8 Å². The van der Waals surface area contributed by atoms with E-state index >= 15 is 0 Å². The first kappa shape index (κ1) is 18.1. The minimum atomic E-state index is -0.606. The lowest BCUT2D eigenvalue weighted by atomic mass is 10.1. The standard InChI is InChI=1S/C14H18Br2N2O3/c1-3-4-5-11(17)13(19)18-12-9(14(20)21-2)6-8(15)7-10(12)16/h6-7,11H,3-5,17H2,1-2H3,(H,18,19)/t11-/m0/s1. The first-order valence-electron chi connectivity index (χ1n) is 6.54. The van der Waals surface area contributed by atoms with E-state index in [1.807, 2.05) is 6.92 Å². The van der Waals surface area contributed by atoms with Gasteiger partial charge in [0.1, 0.15) is 0 Å². The molecule has 0 radical (unpaired) electrons. The van der Waals surface area contributed by atoms with Crippen molar-refractivity contribution in [3.8, 4) is 0 Å². The Morgan fingerprint density at radius 1 is 1.38 bits per heavy atom. The number of methoxy groups -OCH3 is 1. The maximum Gasteiger partial charge on any atom is 0.340 e. The van der Waals surface area contributed by atoms with Gasteiger partial charge in [-0.3, -0.25) is 4.79 Å². The molecule has 1 rings (SSSR count). The summed E-state index contributed by atoms with van der Waals surface area (Å²) in [5.74, 6) is -0.856. The van der Waals surface area contributed by atoms with E-state index in [0.29, 0.717) is 21.1 Å². The number of halogens is 2. The highest BCUT2D eigenvalue weighted by Gasteiger charge is 2.20. The van der Waals surface area contributed by atoms with Crippen molar-refractivity contribution in [2.24, 2.45) is 5.73 Å². The normalized spacial score (nSPS) is 11.9. The number of rotatable bonds is 6. The maximum absolute atomic E-state index is 12.1. The Bertz CT molecular complexity index is 535. The number of anilines is 1. The van der Waals surface area contributed by atoms with Gasteiger partial charge >= 0.3 is 5.97 Å². The third-order valence-electron chi connectivity index (χ3n) is 2.91. The Morgan fingerprint density at radius 2 is 2.05 bits per heavy atom. The average Bonchev–Trinajstić information content (AvgIpc) is 2.45. The van der Waals surface area contributed by atoms with Gasteiger partial charge in [-0.1, -0.05) is 35.7 Å². The number of esters is 1. The van der Waals surface area contributed by atoms with Crippen LogP contribution in [0.4, 0.5) is 5.69 Å². The second-order valence-electron chi connectivity index (χ2n) is 4.54. The van der Waals surface area contributed by atoms with E-state index in [9.17, 15) is 9.59 Å². The molecule has 1 atom stereocenters. The third kappa shape index (κ3) is 5.09. The van der Waals surface area contributed by atoms with Crippen molar-refractivity contribution in [1.29, 1.82) is 0 Å². The molecule has 0 spiro atoms. The summed E-state index contributed by atoms with van der Waals surface area (Å²) >= 11 is 6.63. The molecule has 0 unspecified atom stereocenters. The zero-order chi connectivity index (χ0) is 16.0. The first-order valence-corrected chi connectivity index (χ1v) is 8.13. The topological polar surface area (TPSA) is 81.4 Å². The van der Waals surface area contributed by atoms with Crippen LogP contribution in [-0.4, -0.2) is 25.0 Å². The quantitative estimate of drug-likeness (QED) is 0.689. The molecule has 1 amide bonds. The number of amides is 1. The lowest BCUT2D eigenvalue weighted by Crippen LogP contribution is -2.36. The van der Waals surface area contributed by atoms with Crippen LogP contribution in [0.15, 0.2) is 21.1 Å². The lowest BCUT2D eigenvalue weighted by Gasteiger charge is -2.15. The smallest absolute Gasteiger partial charge is 0.340 e. The van der Waals surface area contributed by atoms with Gasteiger partial charge in [0.2, 0.25) is 5.91 Å². The van der Waals surface area contributed by atoms with Gasteiger partial charge in [0.25, 0.3) is 0 Å². The van der Waals surface area contributed by atoms with Crippen molar-refractivity contribution < 1.29 is 14.3 Å². The molecule has 0 heterocycles. The average molecular weight is 422 g/mol. The van der Waals surface area contributed by atoms with Gasteiger partial charge in [-0.25, -0.2) is 4.79 Å². The summed E-state index contributed by atoms with van der Waals surface area (Å²) in [5, 5.41) is 2.70. The zero-order valence-electron chi connectivity index (χ0n) is 11.9. The van der Waals surface area contributed by atoms with Crippen LogP contribution < -0.4 is 11.1 Å². The fourth-order valence-electron chi connectivity index (χ4n) is 1.74. The number of hydrogen-bond acceptors (Lipinski definition) is 4. The van der Waals surface area contributed by atoms with E-state index in [-0.39, 0.29) is 11.5 Å². The minimum absolute atomic E-state index is 0.259. The number of benzene rings is 1. The maximum atomic E-state index is 12.1. The molecule has 7 heteroatoms. The van der Waals surface area contributed by atoms with Gasteiger partial charge in [0, 0.05) is 8.95 Å². The molecule has 0 saturated carbocycles. The summed E-state index contributed by atoms with van der Waals surface area (Å²) < 4.78 is 6.01. The van der Waals surface area contributed by atoms with Crippen LogP contribution in [0.2, 0.25) is 0 Å². The van der Waals surface area contributed by atoms with Crippen LogP contribution in [0.25, 0.3) is 0 Å². The number of hydrogen-bond donors (Lipinski definition) is 2. The van der Waals surface area contributed by atoms with Crippen LogP contribution in [-0.2, 0) is 9.53 Å². The highest BCUT2D eigenvalue weighted by atomic mass is 79.9. The summed E-state index contributed by atoms with van der Waals surface area (Å²) in [7, 11) is 1.29. The van der Waals surface area contributed by atoms with Crippen LogP contribution >= 0.6 is 31.9 Å². The highest BCUT2D eigenvalue weighted by molar-refractivity contribution is 9.11. The molecular weight excluding hydrogens is 404 g/mol. The Hall–Kier alpha value is -0.920. The molecule has 116 valence electrons. The molecule has 5 nitrogen and oxygen atoms in total. The summed E-state index contributed by atoms with van der Waals surface area (Å²) in [6.45, 7) is 2.03. The zero-order valence-corrected chi connectivity index (χ0v) is 15.1. The summed E-state index contributed by atoms with van der Waals surface area (Å²) in [6, 6.07) is 2.72. The van der Waals surface area contributed by atoms with Crippen molar-refractivity contribution in [1.82, 2.24) is 0 Å². The Labute approximate surface area is 140 Å². The molecule has 21 heavy (non-hydrogen) atoms. The number of ether oxygens (including phenoxy) is 1. The number of carbonyl (C=O) groups is 2. The van der Waals surface area contributed by atoms with Gasteiger partial charge in [-0.05, 0) is 34.5 Å².